The fraction of sp³-hybridized carbons (Fsp3) is 0.548. The maximum absolute atomic E-state index is 13.2. The van der Waals surface area contributed by atoms with Gasteiger partial charge in [-0.3, -0.25) is 9.48 Å². The van der Waals surface area contributed by atoms with E-state index in [2.05, 4.69) is 43.0 Å². The van der Waals surface area contributed by atoms with E-state index in [1.54, 1.807) is 21.8 Å². The number of nitrogens with zero attached hydrogens (tertiary/aromatic N) is 11. The quantitative estimate of drug-likeness (QED) is 0.329. The minimum Gasteiger partial charge on any atom is -0.363 e. The molecule has 6 rings (SSSR count). The molecule has 0 radical (unpaired) electrons. The average molecular weight is 666 g/mol. The van der Waals surface area contributed by atoms with E-state index in [4.69, 9.17) is 0 Å². The predicted octanol–water partition coefficient (Wildman–Crippen LogP) is 2.62. The number of aromatic nitrogens is 5. The minimum absolute atomic E-state index is 0.00268. The maximum Gasteiger partial charge on any atom is 0.419 e. The first-order valence-corrected chi connectivity index (χ1v) is 15.8. The van der Waals surface area contributed by atoms with E-state index in [-0.39, 0.29) is 32.0 Å². The third-order valence-electron chi connectivity index (χ3n) is 9.21. The van der Waals surface area contributed by atoms with Gasteiger partial charge in [0.2, 0.25) is 11.9 Å². The average Bonchev–Trinajstić information content (AvgIpc) is 3.79. The van der Waals surface area contributed by atoms with Crippen molar-refractivity contribution in [3.05, 3.63) is 48.2 Å². The fourth-order valence-corrected chi connectivity index (χ4v) is 6.62. The van der Waals surface area contributed by atoms with Gasteiger partial charge in [-0.25, -0.2) is 9.94 Å². The summed E-state index contributed by atoms with van der Waals surface area (Å²) < 4.78 is 42.5. The molecule has 3 aliphatic rings. The number of pyridine rings is 1. The van der Waals surface area contributed by atoms with Crippen LogP contribution in [0.25, 0.3) is 5.65 Å². The van der Waals surface area contributed by atoms with E-state index < -0.39 is 22.7 Å². The SMILES string of the molecule is CN(CC(C)(C)C#N)C1CCN(C(=O)CN2C=C(Nc3nc4c(N5CC(CC#N)(n6cc(C(F)(F)F)cn6)C5)cccn4n3)CN2)CC1. The lowest BCUT2D eigenvalue weighted by atomic mass is 9.86. The summed E-state index contributed by atoms with van der Waals surface area (Å²) in [5.74, 6) is 0.376. The van der Waals surface area contributed by atoms with Crippen LogP contribution in [0, 0.1) is 28.1 Å². The first-order valence-electron chi connectivity index (χ1n) is 15.8. The van der Waals surface area contributed by atoms with Crippen molar-refractivity contribution in [3.8, 4) is 12.1 Å². The molecule has 17 heteroatoms. The normalized spacial score (nSPS) is 18.5. The summed E-state index contributed by atoms with van der Waals surface area (Å²) in [5.41, 5.74) is 3.09. The zero-order valence-corrected chi connectivity index (χ0v) is 27.1. The molecule has 0 atom stereocenters. The van der Waals surface area contributed by atoms with E-state index in [0.29, 0.717) is 43.8 Å². The Morgan fingerprint density at radius 3 is 2.65 bits per heavy atom. The van der Waals surface area contributed by atoms with E-state index in [1.807, 2.05) is 43.0 Å². The molecule has 3 aliphatic heterocycles. The van der Waals surface area contributed by atoms with Gasteiger partial charge in [0, 0.05) is 57.4 Å². The number of hydrazine groups is 1. The molecule has 2 fully saturated rings. The summed E-state index contributed by atoms with van der Waals surface area (Å²) in [6.45, 7) is 7.08. The molecular weight excluding hydrogens is 627 g/mol. The highest BCUT2D eigenvalue weighted by molar-refractivity contribution is 5.78. The van der Waals surface area contributed by atoms with Gasteiger partial charge < -0.3 is 25.0 Å². The van der Waals surface area contributed by atoms with E-state index in [0.717, 1.165) is 36.6 Å². The summed E-state index contributed by atoms with van der Waals surface area (Å²) >= 11 is 0. The third-order valence-corrected chi connectivity index (χ3v) is 9.21. The number of piperidine rings is 1. The Labute approximate surface area is 275 Å². The number of nitriles is 2. The second-order valence-electron chi connectivity index (χ2n) is 13.4. The Balaban J connectivity index is 1.05. The molecule has 0 aromatic carbocycles. The zero-order chi connectivity index (χ0) is 34.3. The second-order valence-corrected chi connectivity index (χ2v) is 13.4. The number of alkyl halides is 3. The molecule has 3 aromatic heterocycles. The van der Waals surface area contributed by atoms with Crippen molar-refractivity contribution < 1.29 is 18.0 Å². The van der Waals surface area contributed by atoms with E-state index in [1.165, 1.54) is 4.68 Å². The lowest BCUT2D eigenvalue weighted by Gasteiger charge is -2.50. The topological polar surface area (TPSA) is 150 Å². The van der Waals surface area contributed by atoms with Crippen molar-refractivity contribution in [2.75, 3.05) is 63.1 Å². The van der Waals surface area contributed by atoms with Gasteiger partial charge in [0.1, 0.15) is 12.1 Å². The highest BCUT2D eigenvalue weighted by Gasteiger charge is 2.47. The van der Waals surface area contributed by atoms with Crippen molar-refractivity contribution in [2.24, 2.45) is 5.41 Å². The molecule has 3 aromatic rings. The van der Waals surface area contributed by atoms with Crippen molar-refractivity contribution in [2.45, 2.75) is 50.9 Å². The van der Waals surface area contributed by atoms with Crippen LogP contribution in [0.4, 0.5) is 24.8 Å². The van der Waals surface area contributed by atoms with Gasteiger partial charge >= 0.3 is 6.18 Å². The summed E-state index contributed by atoms with van der Waals surface area (Å²) in [4.78, 5) is 23.8. The minimum atomic E-state index is -4.52. The molecular formula is C31H38F3N13O. The number of nitrogens with one attached hydrogen (secondary N) is 2. The number of amides is 1. The van der Waals surface area contributed by atoms with Crippen molar-refractivity contribution in [3.63, 3.8) is 0 Å². The first-order chi connectivity index (χ1) is 22.8. The van der Waals surface area contributed by atoms with E-state index in [9.17, 15) is 28.5 Å². The van der Waals surface area contributed by atoms with Crippen LogP contribution in [0.15, 0.2) is 42.6 Å². The zero-order valence-electron chi connectivity index (χ0n) is 27.1. The number of carbonyl (C=O) groups is 1. The second kappa shape index (κ2) is 12.6. The molecule has 48 heavy (non-hydrogen) atoms. The molecule has 0 unspecified atom stereocenters. The van der Waals surface area contributed by atoms with Gasteiger partial charge in [-0.2, -0.15) is 33.8 Å². The molecule has 6 heterocycles. The standard InChI is InChI=1S/C31H38F3N13O/c1-29(2,18-36)19-42(3)24-6-11-43(12-7-24)26(48)17-45-16-23(14-37-45)39-28-40-27-25(5-4-10-46(27)41-28)44-20-30(21-44,8-9-35)47-15-22(13-38-47)31(32,33)34/h4-5,10,13,15-16,24,37H,6-8,11-12,14,17,19-21H2,1-3H3,(H,39,41). The lowest BCUT2D eigenvalue weighted by Crippen LogP contribution is -2.63. The number of carbonyl (C=O) groups excluding carboxylic acids is 1. The number of anilines is 2. The molecule has 2 N–H and O–H groups in total. The number of hydrogen-bond donors (Lipinski definition) is 2. The largest absolute Gasteiger partial charge is 0.419 e. The smallest absolute Gasteiger partial charge is 0.363 e. The van der Waals surface area contributed by atoms with Gasteiger partial charge in [0.15, 0.2) is 5.65 Å². The molecule has 0 saturated carbocycles. The summed E-state index contributed by atoms with van der Waals surface area (Å²) in [5, 5.41) is 32.2. The number of fused-ring (bicyclic) bond motifs is 1. The Morgan fingerprint density at radius 2 is 1.98 bits per heavy atom. The molecule has 0 aliphatic carbocycles. The summed E-state index contributed by atoms with van der Waals surface area (Å²) in [6, 6.07) is 8.44. The predicted molar refractivity (Wildman–Crippen MR) is 169 cm³/mol. The van der Waals surface area contributed by atoms with Gasteiger partial charge in [0.05, 0.1) is 53.7 Å². The molecule has 254 valence electrons. The molecule has 0 bridgehead atoms. The summed E-state index contributed by atoms with van der Waals surface area (Å²) in [7, 11) is 2.04. The third kappa shape index (κ3) is 6.74. The molecule has 0 spiro atoms. The number of rotatable bonds is 10. The van der Waals surface area contributed by atoms with Crippen molar-refractivity contribution in [1.82, 2.24) is 44.6 Å². The van der Waals surface area contributed by atoms with Crippen LogP contribution in [0.1, 0.15) is 38.7 Å². The monoisotopic (exact) mass is 665 g/mol. The first kappa shape index (κ1) is 33.0. The fourth-order valence-electron chi connectivity index (χ4n) is 6.62. The highest BCUT2D eigenvalue weighted by Crippen LogP contribution is 2.39. The Bertz CT molecular complexity index is 1770. The van der Waals surface area contributed by atoms with Gasteiger partial charge in [-0.05, 0) is 45.9 Å². The molecule has 14 nitrogen and oxygen atoms in total. The van der Waals surface area contributed by atoms with Crippen molar-refractivity contribution in [1.29, 1.82) is 10.5 Å². The van der Waals surface area contributed by atoms with Crippen LogP contribution in [0.5, 0.6) is 0 Å². The van der Waals surface area contributed by atoms with Gasteiger partial charge in [-0.1, -0.05) is 0 Å². The van der Waals surface area contributed by atoms with Crippen molar-refractivity contribution >= 4 is 23.2 Å². The van der Waals surface area contributed by atoms with Crippen LogP contribution < -0.4 is 15.6 Å². The van der Waals surface area contributed by atoms with Crippen LogP contribution in [0.3, 0.4) is 0 Å². The Hall–Kier alpha value is -4.87. The van der Waals surface area contributed by atoms with E-state index >= 15 is 0 Å². The number of halogens is 3. The van der Waals surface area contributed by atoms with Crippen LogP contribution in [-0.2, 0) is 16.5 Å². The van der Waals surface area contributed by atoms with Crippen LogP contribution >= 0.6 is 0 Å². The van der Waals surface area contributed by atoms with Crippen LogP contribution in [-0.4, -0.2) is 104 Å². The Kier molecular flexibility index (Phi) is 8.69. The Morgan fingerprint density at radius 1 is 1.23 bits per heavy atom. The summed E-state index contributed by atoms with van der Waals surface area (Å²) in [6.07, 6.45) is 2.51. The van der Waals surface area contributed by atoms with Crippen LogP contribution in [0.2, 0.25) is 0 Å². The number of likely N-dealkylation sites (tertiary alicyclic amines) is 1. The molecule has 1 amide bonds. The lowest BCUT2D eigenvalue weighted by molar-refractivity contribution is -0.137. The molecule has 2 saturated heterocycles. The van der Waals surface area contributed by atoms with Gasteiger partial charge in [0.25, 0.3) is 0 Å². The highest BCUT2D eigenvalue weighted by atomic mass is 19.4. The maximum atomic E-state index is 13.2. The number of hydrogen-bond acceptors (Lipinski definition) is 11. The van der Waals surface area contributed by atoms with Gasteiger partial charge in [-0.15, -0.1) is 5.10 Å².